The van der Waals surface area contributed by atoms with Gasteiger partial charge in [-0.2, -0.15) is 0 Å². The fraction of sp³-hybridized carbons (Fsp3) is 0.188. The number of amides is 1. The molecule has 21 heavy (non-hydrogen) atoms. The Kier molecular flexibility index (Phi) is 4.79. The van der Waals surface area contributed by atoms with E-state index in [-0.39, 0.29) is 12.5 Å². The number of aliphatic hydroxyl groups is 1. The van der Waals surface area contributed by atoms with Gasteiger partial charge in [0, 0.05) is 18.0 Å². The molecule has 0 aliphatic heterocycles. The maximum Gasteiger partial charge on any atom is 0.257 e. The standard InChI is InChI=1S/C16H18N2O3/c1-21-12-6-7-14(17)13(10-12)16(20)18-15-5-3-2-4-11(15)8-9-19/h2-7,10,19H,8-9,17H2,1H3,(H,18,20). The van der Waals surface area contributed by atoms with E-state index in [0.717, 1.165) is 5.56 Å². The van der Waals surface area contributed by atoms with Crippen LogP contribution < -0.4 is 15.8 Å². The van der Waals surface area contributed by atoms with Crippen LogP contribution in [-0.2, 0) is 6.42 Å². The van der Waals surface area contributed by atoms with E-state index in [0.29, 0.717) is 29.1 Å². The minimum Gasteiger partial charge on any atom is -0.497 e. The van der Waals surface area contributed by atoms with Gasteiger partial charge in [0.1, 0.15) is 5.75 Å². The highest BCUT2D eigenvalue weighted by Gasteiger charge is 2.13. The van der Waals surface area contributed by atoms with Crippen LogP contribution in [0.3, 0.4) is 0 Å². The Hall–Kier alpha value is -2.53. The lowest BCUT2D eigenvalue weighted by atomic mass is 10.1. The number of nitrogen functional groups attached to an aromatic ring is 1. The molecule has 0 aliphatic carbocycles. The molecule has 0 fully saturated rings. The number of carbonyl (C=O) groups excluding carboxylic acids is 1. The Balaban J connectivity index is 2.26. The summed E-state index contributed by atoms with van der Waals surface area (Å²) in [6.07, 6.45) is 0.476. The van der Waals surface area contributed by atoms with Crippen molar-refractivity contribution in [1.29, 1.82) is 0 Å². The maximum absolute atomic E-state index is 12.4. The highest BCUT2D eigenvalue weighted by Crippen LogP contribution is 2.22. The van der Waals surface area contributed by atoms with Gasteiger partial charge < -0.3 is 20.9 Å². The zero-order chi connectivity index (χ0) is 15.2. The van der Waals surface area contributed by atoms with Crippen LogP contribution in [0.15, 0.2) is 42.5 Å². The Bertz CT molecular complexity index is 641. The summed E-state index contributed by atoms with van der Waals surface area (Å²) in [6, 6.07) is 12.3. The van der Waals surface area contributed by atoms with E-state index >= 15 is 0 Å². The predicted molar refractivity (Wildman–Crippen MR) is 82.6 cm³/mol. The number of nitrogens with two attached hydrogens (primary N) is 1. The molecule has 0 aliphatic rings. The van der Waals surface area contributed by atoms with Gasteiger partial charge in [-0.15, -0.1) is 0 Å². The van der Waals surface area contributed by atoms with Crippen molar-refractivity contribution in [3.63, 3.8) is 0 Å². The first-order chi connectivity index (χ1) is 10.2. The molecule has 0 unspecified atom stereocenters. The van der Waals surface area contributed by atoms with Crippen molar-refractivity contribution in [2.45, 2.75) is 6.42 Å². The molecule has 1 amide bonds. The van der Waals surface area contributed by atoms with Crippen LogP contribution >= 0.6 is 0 Å². The van der Waals surface area contributed by atoms with Crippen molar-refractivity contribution in [3.8, 4) is 5.75 Å². The van der Waals surface area contributed by atoms with E-state index in [1.54, 1.807) is 24.3 Å². The van der Waals surface area contributed by atoms with E-state index in [2.05, 4.69) is 5.32 Å². The van der Waals surface area contributed by atoms with Gasteiger partial charge in [-0.25, -0.2) is 0 Å². The highest BCUT2D eigenvalue weighted by atomic mass is 16.5. The lowest BCUT2D eigenvalue weighted by molar-refractivity contribution is 0.102. The average molecular weight is 286 g/mol. The highest BCUT2D eigenvalue weighted by molar-refractivity contribution is 6.08. The van der Waals surface area contributed by atoms with E-state index < -0.39 is 0 Å². The molecule has 0 spiro atoms. The second-order valence-electron chi connectivity index (χ2n) is 4.54. The van der Waals surface area contributed by atoms with Crippen LogP contribution in [0.25, 0.3) is 0 Å². The first-order valence-electron chi connectivity index (χ1n) is 6.59. The van der Waals surface area contributed by atoms with Crippen molar-refractivity contribution >= 4 is 17.3 Å². The van der Waals surface area contributed by atoms with Gasteiger partial charge in [0.15, 0.2) is 0 Å². The number of para-hydroxylation sites is 1. The van der Waals surface area contributed by atoms with Crippen LogP contribution in [-0.4, -0.2) is 24.7 Å². The molecule has 0 saturated heterocycles. The first-order valence-corrected chi connectivity index (χ1v) is 6.59. The third kappa shape index (κ3) is 3.52. The van der Waals surface area contributed by atoms with Gasteiger partial charge >= 0.3 is 0 Å². The van der Waals surface area contributed by atoms with E-state index in [1.165, 1.54) is 7.11 Å². The molecule has 5 nitrogen and oxygen atoms in total. The second-order valence-corrected chi connectivity index (χ2v) is 4.54. The van der Waals surface area contributed by atoms with Gasteiger partial charge in [0.05, 0.1) is 12.7 Å². The fourth-order valence-electron chi connectivity index (χ4n) is 2.03. The molecule has 0 bridgehead atoms. The van der Waals surface area contributed by atoms with Crippen LogP contribution in [0.2, 0.25) is 0 Å². The Morgan fingerprint density at radius 3 is 2.76 bits per heavy atom. The van der Waals surface area contributed by atoms with Gasteiger partial charge in [-0.1, -0.05) is 18.2 Å². The van der Waals surface area contributed by atoms with Gasteiger partial charge in [0.25, 0.3) is 5.91 Å². The zero-order valence-corrected chi connectivity index (χ0v) is 11.8. The van der Waals surface area contributed by atoms with E-state index in [4.69, 9.17) is 15.6 Å². The monoisotopic (exact) mass is 286 g/mol. The van der Waals surface area contributed by atoms with Crippen molar-refractivity contribution in [2.75, 3.05) is 24.8 Å². The third-order valence-electron chi connectivity index (χ3n) is 3.15. The molecular weight excluding hydrogens is 268 g/mol. The van der Waals surface area contributed by atoms with Gasteiger partial charge in [0.2, 0.25) is 0 Å². The molecule has 2 aromatic carbocycles. The number of anilines is 2. The summed E-state index contributed by atoms with van der Waals surface area (Å²) < 4.78 is 5.10. The zero-order valence-electron chi connectivity index (χ0n) is 11.8. The van der Waals surface area contributed by atoms with E-state index in [9.17, 15) is 4.79 Å². The quantitative estimate of drug-likeness (QED) is 0.735. The summed E-state index contributed by atoms with van der Waals surface area (Å²) >= 11 is 0. The summed E-state index contributed by atoms with van der Waals surface area (Å²) in [4.78, 5) is 12.4. The summed E-state index contributed by atoms with van der Waals surface area (Å²) in [7, 11) is 1.53. The van der Waals surface area contributed by atoms with E-state index in [1.807, 2.05) is 18.2 Å². The largest absolute Gasteiger partial charge is 0.497 e. The molecule has 0 heterocycles. The summed E-state index contributed by atoms with van der Waals surface area (Å²) in [5, 5.41) is 11.9. The molecule has 0 atom stereocenters. The summed E-state index contributed by atoms with van der Waals surface area (Å²) in [5.41, 5.74) is 8.11. The van der Waals surface area contributed by atoms with Crippen molar-refractivity contribution in [1.82, 2.24) is 0 Å². The molecule has 2 rings (SSSR count). The molecule has 0 aromatic heterocycles. The number of aliphatic hydroxyl groups excluding tert-OH is 1. The minimum absolute atomic E-state index is 0.0220. The number of nitrogens with one attached hydrogen (secondary N) is 1. The second kappa shape index (κ2) is 6.76. The first kappa shape index (κ1) is 14.9. The van der Waals surface area contributed by atoms with Crippen LogP contribution in [0.4, 0.5) is 11.4 Å². The molecule has 5 heteroatoms. The number of ether oxygens (including phenoxy) is 1. The molecule has 2 aromatic rings. The predicted octanol–water partition coefficient (Wildman–Crippen LogP) is 2.06. The molecular formula is C16H18N2O3. The minimum atomic E-state index is -0.309. The lowest BCUT2D eigenvalue weighted by Crippen LogP contribution is -2.15. The number of carbonyl (C=O) groups is 1. The lowest BCUT2D eigenvalue weighted by Gasteiger charge is -2.12. The molecule has 110 valence electrons. The number of hydrogen-bond acceptors (Lipinski definition) is 4. The van der Waals surface area contributed by atoms with Gasteiger partial charge in [-0.05, 0) is 36.2 Å². The summed E-state index contributed by atoms with van der Waals surface area (Å²) in [6.45, 7) is 0.0220. The van der Waals surface area contributed by atoms with Crippen LogP contribution in [0.5, 0.6) is 5.75 Å². The maximum atomic E-state index is 12.4. The topological polar surface area (TPSA) is 84.6 Å². The number of methoxy groups -OCH3 is 1. The summed E-state index contributed by atoms with van der Waals surface area (Å²) in [5.74, 6) is 0.259. The third-order valence-corrected chi connectivity index (χ3v) is 3.15. The SMILES string of the molecule is COc1ccc(N)c(C(=O)Nc2ccccc2CCO)c1. The van der Waals surface area contributed by atoms with Crippen molar-refractivity contribution in [3.05, 3.63) is 53.6 Å². The molecule has 4 N–H and O–H groups in total. The average Bonchev–Trinajstić information content (AvgIpc) is 2.50. The fourth-order valence-corrected chi connectivity index (χ4v) is 2.03. The Morgan fingerprint density at radius 2 is 2.05 bits per heavy atom. The van der Waals surface area contributed by atoms with Crippen molar-refractivity contribution < 1.29 is 14.6 Å². The van der Waals surface area contributed by atoms with Crippen LogP contribution in [0.1, 0.15) is 15.9 Å². The molecule has 0 saturated carbocycles. The Morgan fingerprint density at radius 1 is 1.29 bits per heavy atom. The number of hydrogen-bond donors (Lipinski definition) is 3. The van der Waals surface area contributed by atoms with Crippen molar-refractivity contribution in [2.24, 2.45) is 0 Å². The number of benzene rings is 2. The Labute approximate surface area is 123 Å². The normalized spacial score (nSPS) is 10.2. The van der Waals surface area contributed by atoms with Crippen LogP contribution in [0, 0.1) is 0 Å². The smallest absolute Gasteiger partial charge is 0.257 e. The van der Waals surface area contributed by atoms with Gasteiger partial charge in [-0.3, -0.25) is 4.79 Å². The number of rotatable bonds is 5. The molecule has 0 radical (unpaired) electrons.